The Hall–Kier alpha value is -2.14. The fraction of sp³-hybridized carbons (Fsp3) is 0.167. The number of nitrogens with one attached hydrogen (secondary N) is 1. The van der Waals surface area contributed by atoms with E-state index >= 15 is 0 Å². The van der Waals surface area contributed by atoms with Crippen molar-refractivity contribution >= 4 is 11.6 Å². The molecule has 1 aromatic heterocycles. The van der Waals surface area contributed by atoms with Gasteiger partial charge in [-0.15, -0.1) is 0 Å². The van der Waals surface area contributed by atoms with Crippen LogP contribution in [0.3, 0.4) is 0 Å². The third kappa shape index (κ3) is 2.70. The van der Waals surface area contributed by atoms with Crippen LogP contribution in [0.4, 0.5) is 5.69 Å². The highest BCUT2D eigenvalue weighted by Crippen LogP contribution is 2.11. The number of aromatic nitrogens is 1. The maximum Gasteiger partial charge on any atom is 0.294 e. The summed E-state index contributed by atoms with van der Waals surface area (Å²) in [6, 6.07) is 8.47. The Morgan fingerprint density at radius 2 is 2.12 bits per heavy atom. The molecule has 0 unspecified atom stereocenters. The molecule has 1 aromatic carbocycles. The predicted octanol–water partition coefficient (Wildman–Crippen LogP) is 1.73. The SMILES string of the molecule is Cc1cc(C(=O)Nc2ccc(CO)cc2)on1. The maximum absolute atomic E-state index is 11.7. The normalized spacial score (nSPS) is 10.2. The molecule has 0 fully saturated rings. The van der Waals surface area contributed by atoms with E-state index in [4.69, 9.17) is 9.63 Å². The minimum atomic E-state index is -0.345. The molecule has 5 heteroatoms. The van der Waals surface area contributed by atoms with Crippen LogP contribution >= 0.6 is 0 Å². The number of nitrogens with zero attached hydrogens (tertiary/aromatic N) is 1. The molecule has 1 heterocycles. The molecular weight excluding hydrogens is 220 g/mol. The van der Waals surface area contributed by atoms with Crippen LogP contribution in [-0.2, 0) is 6.61 Å². The largest absolute Gasteiger partial charge is 0.392 e. The third-order valence-corrected chi connectivity index (χ3v) is 2.25. The van der Waals surface area contributed by atoms with Crippen molar-refractivity contribution in [2.24, 2.45) is 0 Å². The lowest BCUT2D eigenvalue weighted by molar-refractivity contribution is 0.0988. The molecule has 2 aromatic rings. The van der Waals surface area contributed by atoms with E-state index in [1.165, 1.54) is 0 Å². The van der Waals surface area contributed by atoms with Crippen molar-refractivity contribution in [3.05, 3.63) is 47.3 Å². The summed E-state index contributed by atoms with van der Waals surface area (Å²) in [4.78, 5) is 11.7. The number of amides is 1. The van der Waals surface area contributed by atoms with E-state index < -0.39 is 0 Å². The van der Waals surface area contributed by atoms with Crippen LogP contribution in [0.5, 0.6) is 0 Å². The summed E-state index contributed by atoms with van der Waals surface area (Å²) in [6.07, 6.45) is 0. The van der Waals surface area contributed by atoms with E-state index in [-0.39, 0.29) is 18.3 Å². The Kier molecular flexibility index (Phi) is 3.20. The first-order valence-electron chi connectivity index (χ1n) is 5.13. The molecule has 1 amide bonds. The molecule has 0 aliphatic carbocycles. The zero-order valence-corrected chi connectivity index (χ0v) is 9.30. The van der Waals surface area contributed by atoms with Gasteiger partial charge in [0.1, 0.15) is 0 Å². The van der Waals surface area contributed by atoms with Gasteiger partial charge in [0.25, 0.3) is 5.91 Å². The summed E-state index contributed by atoms with van der Waals surface area (Å²) in [5, 5.41) is 15.2. The standard InChI is InChI=1S/C12H12N2O3/c1-8-6-11(17-14-8)12(16)13-10-4-2-9(7-15)3-5-10/h2-6,15H,7H2,1H3,(H,13,16). The predicted molar refractivity (Wildman–Crippen MR) is 61.6 cm³/mol. The van der Waals surface area contributed by atoms with Gasteiger partial charge in [0.2, 0.25) is 5.76 Å². The second-order valence-corrected chi connectivity index (χ2v) is 3.64. The molecule has 5 nitrogen and oxygen atoms in total. The molecule has 0 bridgehead atoms. The van der Waals surface area contributed by atoms with E-state index in [1.54, 1.807) is 37.3 Å². The highest BCUT2D eigenvalue weighted by atomic mass is 16.5. The Morgan fingerprint density at radius 3 is 2.65 bits per heavy atom. The van der Waals surface area contributed by atoms with Crippen molar-refractivity contribution in [3.8, 4) is 0 Å². The highest BCUT2D eigenvalue weighted by Gasteiger charge is 2.11. The van der Waals surface area contributed by atoms with Gasteiger partial charge in [-0.05, 0) is 24.6 Å². The van der Waals surface area contributed by atoms with Gasteiger partial charge >= 0.3 is 0 Å². The number of hydrogen-bond donors (Lipinski definition) is 2. The van der Waals surface area contributed by atoms with Crippen LogP contribution < -0.4 is 5.32 Å². The molecule has 0 atom stereocenters. The maximum atomic E-state index is 11.7. The number of aryl methyl sites for hydroxylation is 1. The average molecular weight is 232 g/mol. The molecule has 0 saturated carbocycles. The van der Waals surface area contributed by atoms with Crippen molar-refractivity contribution in [2.45, 2.75) is 13.5 Å². The van der Waals surface area contributed by atoms with Crippen LogP contribution in [0.25, 0.3) is 0 Å². The summed E-state index contributed by atoms with van der Waals surface area (Å²) in [5.74, 6) is -0.170. The van der Waals surface area contributed by atoms with E-state index in [0.717, 1.165) is 5.56 Å². The van der Waals surface area contributed by atoms with Crippen molar-refractivity contribution in [1.82, 2.24) is 5.16 Å². The summed E-state index contributed by atoms with van der Waals surface area (Å²) in [7, 11) is 0. The van der Waals surface area contributed by atoms with E-state index in [1.807, 2.05) is 0 Å². The molecule has 0 aliphatic rings. The van der Waals surface area contributed by atoms with E-state index in [9.17, 15) is 4.79 Å². The summed E-state index contributed by atoms with van der Waals surface area (Å²) >= 11 is 0. The average Bonchev–Trinajstić information content (AvgIpc) is 2.77. The zero-order valence-electron chi connectivity index (χ0n) is 9.30. The smallest absolute Gasteiger partial charge is 0.294 e. The highest BCUT2D eigenvalue weighted by molar-refractivity contribution is 6.02. The molecule has 88 valence electrons. The molecule has 0 spiro atoms. The number of benzene rings is 1. The van der Waals surface area contributed by atoms with Crippen LogP contribution in [0.2, 0.25) is 0 Å². The number of hydrogen-bond acceptors (Lipinski definition) is 4. The van der Waals surface area contributed by atoms with Crippen molar-refractivity contribution in [1.29, 1.82) is 0 Å². The van der Waals surface area contributed by atoms with Gasteiger partial charge < -0.3 is 14.9 Å². The van der Waals surface area contributed by atoms with Gasteiger partial charge in [-0.25, -0.2) is 0 Å². The first kappa shape index (κ1) is 11.3. The number of carbonyl (C=O) groups is 1. The first-order valence-corrected chi connectivity index (χ1v) is 5.13. The summed E-state index contributed by atoms with van der Waals surface area (Å²) in [5.41, 5.74) is 2.09. The van der Waals surface area contributed by atoms with Gasteiger partial charge in [0.15, 0.2) is 0 Å². The Morgan fingerprint density at radius 1 is 1.41 bits per heavy atom. The fourth-order valence-electron chi connectivity index (χ4n) is 1.36. The van der Waals surface area contributed by atoms with Gasteiger partial charge in [-0.3, -0.25) is 4.79 Å². The molecule has 2 N–H and O–H groups in total. The second kappa shape index (κ2) is 4.80. The van der Waals surface area contributed by atoms with Gasteiger partial charge in [0, 0.05) is 11.8 Å². The minimum Gasteiger partial charge on any atom is -0.392 e. The lowest BCUT2D eigenvalue weighted by Gasteiger charge is -2.03. The Bertz CT molecular complexity index is 517. The Labute approximate surface area is 98.1 Å². The van der Waals surface area contributed by atoms with Crippen molar-refractivity contribution in [2.75, 3.05) is 5.32 Å². The number of aliphatic hydroxyl groups excluding tert-OH is 1. The summed E-state index contributed by atoms with van der Waals surface area (Å²) < 4.78 is 4.84. The van der Waals surface area contributed by atoms with Gasteiger partial charge in [0.05, 0.1) is 12.3 Å². The fourth-order valence-corrected chi connectivity index (χ4v) is 1.36. The number of aliphatic hydroxyl groups is 1. The molecule has 17 heavy (non-hydrogen) atoms. The topological polar surface area (TPSA) is 75.4 Å². The zero-order chi connectivity index (χ0) is 12.3. The third-order valence-electron chi connectivity index (χ3n) is 2.25. The first-order chi connectivity index (χ1) is 8.19. The van der Waals surface area contributed by atoms with E-state index in [2.05, 4.69) is 10.5 Å². The van der Waals surface area contributed by atoms with Crippen molar-refractivity contribution in [3.63, 3.8) is 0 Å². The van der Waals surface area contributed by atoms with Crippen LogP contribution in [-0.4, -0.2) is 16.2 Å². The lowest BCUT2D eigenvalue weighted by Crippen LogP contribution is -2.10. The molecule has 0 saturated heterocycles. The summed E-state index contributed by atoms with van der Waals surface area (Å²) in [6.45, 7) is 1.73. The monoisotopic (exact) mass is 232 g/mol. The van der Waals surface area contributed by atoms with Crippen LogP contribution in [0.15, 0.2) is 34.9 Å². The number of rotatable bonds is 3. The quantitative estimate of drug-likeness (QED) is 0.845. The molecule has 0 radical (unpaired) electrons. The van der Waals surface area contributed by atoms with Gasteiger partial charge in [-0.1, -0.05) is 17.3 Å². The minimum absolute atomic E-state index is 0.0183. The van der Waals surface area contributed by atoms with Crippen molar-refractivity contribution < 1.29 is 14.4 Å². The van der Waals surface area contributed by atoms with Crippen LogP contribution in [0.1, 0.15) is 21.8 Å². The van der Waals surface area contributed by atoms with Crippen LogP contribution in [0, 0.1) is 6.92 Å². The van der Waals surface area contributed by atoms with Gasteiger partial charge in [-0.2, -0.15) is 0 Å². The van der Waals surface area contributed by atoms with E-state index in [0.29, 0.717) is 11.4 Å². The molecule has 2 rings (SSSR count). The number of anilines is 1. The second-order valence-electron chi connectivity index (χ2n) is 3.64. The number of carbonyl (C=O) groups excluding carboxylic acids is 1. The Balaban J connectivity index is 2.07. The molecule has 0 aliphatic heterocycles. The lowest BCUT2D eigenvalue weighted by atomic mass is 10.2. The molecular formula is C12H12N2O3.